The minimum Gasteiger partial charge on any atom is -0.313 e. The van der Waals surface area contributed by atoms with Gasteiger partial charge in [-0.15, -0.1) is 0 Å². The van der Waals surface area contributed by atoms with Gasteiger partial charge in [-0.1, -0.05) is 26.0 Å². The zero-order valence-corrected chi connectivity index (χ0v) is 10.1. The molecule has 0 spiro atoms. The fraction of sp³-hybridized carbons (Fsp3) is 0.571. The van der Waals surface area contributed by atoms with Gasteiger partial charge in [0.2, 0.25) is 0 Å². The van der Waals surface area contributed by atoms with Crippen molar-refractivity contribution in [3.05, 3.63) is 35.6 Å². The molecule has 1 fully saturated rings. The van der Waals surface area contributed by atoms with Crippen LogP contribution in [0.1, 0.15) is 32.3 Å². The lowest BCUT2D eigenvalue weighted by Gasteiger charge is -2.25. The van der Waals surface area contributed by atoms with Crippen molar-refractivity contribution < 1.29 is 4.39 Å². The Morgan fingerprint density at radius 1 is 1.38 bits per heavy atom. The van der Waals surface area contributed by atoms with Crippen molar-refractivity contribution in [2.75, 3.05) is 6.54 Å². The first-order chi connectivity index (χ1) is 7.55. The van der Waals surface area contributed by atoms with Crippen molar-refractivity contribution in [3.8, 4) is 0 Å². The maximum Gasteiger partial charge on any atom is 0.123 e. The molecule has 16 heavy (non-hydrogen) atoms. The summed E-state index contributed by atoms with van der Waals surface area (Å²) in [5, 5.41) is 3.54. The molecule has 0 radical (unpaired) electrons. The second kappa shape index (κ2) is 4.54. The van der Waals surface area contributed by atoms with Gasteiger partial charge < -0.3 is 5.32 Å². The van der Waals surface area contributed by atoms with E-state index in [1.165, 1.54) is 18.9 Å². The molecule has 1 aliphatic rings. The normalized spacial score (nSPS) is 16.4. The third kappa shape index (κ3) is 3.60. The van der Waals surface area contributed by atoms with E-state index in [9.17, 15) is 4.39 Å². The summed E-state index contributed by atoms with van der Waals surface area (Å²) in [5.74, 6) is -0.136. The predicted octanol–water partition coefficient (Wildman–Crippen LogP) is 3.15. The highest BCUT2D eigenvalue weighted by molar-refractivity contribution is 5.17. The second-order valence-corrected chi connectivity index (χ2v) is 5.63. The van der Waals surface area contributed by atoms with Gasteiger partial charge in [-0.25, -0.2) is 4.39 Å². The van der Waals surface area contributed by atoms with Crippen LogP contribution in [0.25, 0.3) is 0 Å². The second-order valence-electron chi connectivity index (χ2n) is 5.63. The molecule has 0 atom stereocenters. The van der Waals surface area contributed by atoms with Crippen molar-refractivity contribution in [2.45, 2.75) is 39.2 Å². The van der Waals surface area contributed by atoms with E-state index in [2.05, 4.69) is 19.2 Å². The number of benzene rings is 1. The number of rotatable bonds is 5. The Bertz CT molecular complexity index is 356. The van der Waals surface area contributed by atoms with Crippen LogP contribution in [0.5, 0.6) is 0 Å². The lowest BCUT2D eigenvalue weighted by molar-refractivity contribution is 0.336. The summed E-state index contributed by atoms with van der Waals surface area (Å²) in [7, 11) is 0. The summed E-state index contributed by atoms with van der Waals surface area (Å²) in [5.41, 5.74) is 1.28. The Kier molecular flexibility index (Phi) is 3.29. The monoisotopic (exact) mass is 221 g/mol. The maximum atomic E-state index is 13.1. The van der Waals surface area contributed by atoms with E-state index in [1.54, 1.807) is 12.1 Å². The Labute approximate surface area is 97.1 Å². The van der Waals surface area contributed by atoms with E-state index < -0.39 is 0 Å². The maximum absolute atomic E-state index is 13.1. The summed E-state index contributed by atoms with van der Waals surface area (Å²) >= 11 is 0. The average molecular weight is 221 g/mol. The molecule has 0 aromatic heterocycles. The summed E-state index contributed by atoms with van der Waals surface area (Å²) in [4.78, 5) is 0. The van der Waals surface area contributed by atoms with Crippen LogP contribution < -0.4 is 5.32 Å². The van der Waals surface area contributed by atoms with Crippen molar-refractivity contribution in [3.63, 3.8) is 0 Å². The SMILES string of the molecule is CC(C)(CNC1CC1)Cc1cccc(F)c1. The van der Waals surface area contributed by atoms with Crippen LogP contribution in [0.4, 0.5) is 4.39 Å². The van der Waals surface area contributed by atoms with Crippen molar-refractivity contribution in [2.24, 2.45) is 5.41 Å². The molecule has 2 heteroatoms. The van der Waals surface area contributed by atoms with Crippen molar-refractivity contribution >= 4 is 0 Å². The van der Waals surface area contributed by atoms with Gasteiger partial charge in [0.15, 0.2) is 0 Å². The highest BCUT2D eigenvalue weighted by Crippen LogP contribution is 2.24. The van der Waals surface area contributed by atoms with Crippen LogP contribution >= 0.6 is 0 Å². The molecule has 1 nitrogen and oxygen atoms in total. The van der Waals surface area contributed by atoms with E-state index >= 15 is 0 Å². The van der Waals surface area contributed by atoms with Gasteiger partial charge in [-0.3, -0.25) is 0 Å². The number of hydrogen-bond donors (Lipinski definition) is 1. The molecule has 0 heterocycles. The Morgan fingerprint density at radius 3 is 2.75 bits per heavy atom. The van der Waals surface area contributed by atoms with Gasteiger partial charge in [0.25, 0.3) is 0 Å². The van der Waals surface area contributed by atoms with Crippen LogP contribution in [-0.2, 0) is 6.42 Å². The summed E-state index contributed by atoms with van der Waals surface area (Å²) in [6, 6.07) is 7.67. The van der Waals surface area contributed by atoms with Gasteiger partial charge in [0, 0.05) is 12.6 Å². The first-order valence-corrected chi connectivity index (χ1v) is 6.03. The Balaban J connectivity index is 1.90. The van der Waals surface area contributed by atoms with Crippen LogP contribution in [0.3, 0.4) is 0 Å². The fourth-order valence-corrected chi connectivity index (χ4v) is 1.97. The standard InChI is InChI=1S/C14H20FN/c1-14(2,10-16-13-6-7-13)9-11-4-3-5-12(15)8-11/h3-5,8,13,16H,6-7,9-10H2,1-2H3. The third-order valence-corrected chi connectivity index (χ3v) is 3.02. The molecular weight excluding hydrogens is 201 g/mol. The molecule has 2 rings (SSSR count). The number of halogens is 1. The van der Waals surface area contributed by atoms with E-state index in [0.717, 1.165) is 24.6 Å². The third-order valence-electron chi connectivity index (χ3n) is 3.02. The highest BCUT2D eigenvalue weighted by atomic mass is 19.1. The van der Waals surface area contributed by atoms with Gasteiger partial charge in [0.1, 0.15) is 5.82 Å². The quantitative estimate of drug-likeness (QED) is 0.805. The molecule has 1 aromatic carbocycles. The predicted molar refractivity (Wildman–Crippen MR) is 64.9 cm³/mol. The molecule has 0 bridgehead atoms. The molecule has 1 aliphatic carbocycles. The zero-order chi connectivity index (χ0) is 11.6. The molecule has 88 valence electrons. The van der Waals surface area contributed by atoms with E-state index in [4.69, 9.17) is 0 Å². The summed E-state index contributed by atoms with van der Waals surface area (Å²) in [6.07, 6.45) is 3.55. The molecule has 0 aliphatic heterocycles. The Morgan fingerprint density at radius 2 is 2.12 bits per heavy atom. The lowest BCUT2D eigenvalue weighted by Crippen LogP contribution is -2.32. The van der Waals surface area contributed by atoms with Gasteiger partial charge in [-0.05, 0) is 42.4 Å². The van der Waals surface area contributed by atoms with Crippen LogP contribution in [0, 0.1) is 11.2 Å². The van der Waals surface area contributed by atoms with Gasteiger partial charge in [-0.2, -0.15) is 0 Å². The van der Waals surface area contributed by atoms with Crippen LogP contribution in [0.2, 0.25) is 0 Å². The molecule has 0 unspecified atom stereocenters. The number of nitrogens with one attached hydrogen (secondary N) is 1. The Hall–Kier alpha value is -0.890. The largest absolute Gasteiger partial charge is 0.313 e. The van der Waals surface area contributed by atoms with E-state index in [0.29, 0.717) is 0 Å². The van der Waals surface area contributed by atoms with Gasteiger partial charge >= 0.3 is 0 Å². The fourth-order valence-electron chi connectivity index (χ4n) is 1.97. The molecule has 0 amide bonds. The van der Waals surface area contributed by atoms with E-state index in [1.807, 2.05) is 6.07 Å². The summed E-state index contributed by atoms with van der Waals surface area (Å²) < 4.78 is 13.1. The molecule has 1 N–H and O–H groups in total. The zero-order valence-electron chi connectivity index (χ0n) is 10.1. The first kappa shape index (κ1) is 11.6. The van der Waals surface area contributed by atoms with E-state index in [-0.39, 0.29) is 11.2 Å². The minimum atomic E-state index is -0.136. The smallest absolute Gasteiger partial charge is 0.123 e. The van der Waals surface area contributed by atoms with Gasteiger partial charge in [0.05, 0.1) is 0 Å². The van der Waals surface area contributed by atoms with Crippen LogP contribution in [-0.4, -0.2) is 12.6 Å². The minimum absolute atomic E-state index is 0.136. The molecule has 0 saturated heterocycles. The molecular formula is C14H20FN. The van der Waals surface area contributed by atoms with Crippen LogP contribution in [0.15, 0.2) is 24.3 Å². The lowest BCUT2D eigenvalue weighted by atomic mass is 9.85. The molecule has 1 aromatic rings. The molecule has 1 saturated carbocycles. The topological polar surface area (TPSA) is 12.0 Å². The number of hydrogen-bond acceptors (Lipinski definition) is 1. The summed E-state index contributed by atoms with van der Waals surface area (Å²) in [6.45, 7) is 5.47. The first-order valence-electron chi connectivity index (χ1n) is 6.03. The van der Waals surface area contributed by atoms with Crippen molar-refractivity contribution in [1.29, 1.82) is 0 Å². The van der Waals surface area contributed by atoms with Crippen molar-refractivity contribution in [1.82, 2.24) is 5.32 Å². The highest BCUT2D eigenvalue weighted by Gasteiger charge is 2.25. The average Bonchev–Trinajstić information content (AvgIpc) is 2.97.